The van der Waals surface area contributed by atoms with Crippen LogP contribution in [0.25, 0.3) is 0 Å². The van der Waals surface area contributed by atoms with Crippen LogP contribution in [-0.2, 0) is 6.42 Å². The van der Waals surface area contributed by atoms with E-state index in [1.54, 1.807) is 7.11 Å². The van der Waals surface area contributed by atoms with Crippen LogP contribution in [0.15, 0.2) is 48.5 Å². The molecule has 2 aromatic rings. The molecule has 0 radical (unpaired) electrons. The highest BCUT2D eigenvalue weighted by molar-refractivity contribution is 5.94. The number of ether oxygens (including phenoxy) is 1. The van der Waals surface area contributed by atoms with Crippen molar-refractivity contribution < 1.29 is 9.53 Å². The van der Waals surface area contributed by atoms with E-state index >= 15 is 0 Å². The molecular weight excluding hydrogens is 372 g/mol. The summed E-state index contributed by atoms with van der Waals surface area (Å²) in [6, 6.07) is 15.7. The minimum absolute atomic E-state index is 0.0723. The quantitative estimate of drug-likeness (QED) is 0.621. The monoisotopic (exact) mass is 404 g/mol. The van der Waals surface area contributed by atoms with Gasteiger partial charge in [0.2, 0.25) is 0 Å². The number of likely N-dealkylation sites (tertiary alicyclic amines) is 1. The smallest absolute Gasteiger partial charge is 0.253 e. The van der Waals surface area contributed by atoms with Crippen molar-refractivity contribution in [1.82, 2.24) is 9.80 Å². The fourth-order valence-corrected chi connectivity index (χ4v) is 4.21. The number of terminal acetylenes is 1. The molecule has 0 bridgehead atoms. The lowest BCUT2D eigenvalue weighted by atomic mass is 9.96. The van der Waals surface area contributed by atoms with Gasteiger partial charge in [0.05, 0.1) is 7.11 Å². The Bertz CT molecular complexity index is 887. The van der Waals surface area contributed by atoms with Crippen LogP contribution in [0, 0.1) is 18.3 Å². The molecule has 1 atom stereocenters. The average molecular weight is 405 g/mol. The molecule has 0 unspecified atom stereocenters. The van der Waals surface area contributed by atoms with Gasteiger partial charge in [-0.25, -0.2) is 0 Å². The maximum Gasteiger partial charge on any atom is 0.253 e. The fourth-order valence-electron chi connectivity index (χ4n) is 4.21. The lowest BCUT2D eigenvalue weighted by molar-refractivity contribution is 0.0690. The maximum atomic E-state index is 13.0. The number of hydrogen-bond acceptors (Lipinski definition) is 3. The topological polar surface area (TPSA) is 32.8 Å². The molecule has 1 aliphatic heterocycles. The zero-order valence-electron chi connectivity index (χ0n) is 18.1. The van der Waals surface area contributed by atoms with Gasteiger partial charge in [-0.05, 0) is 74.5 Å². The number of carbonyl (C=O) groups is 1. The Hall–Kier alpha value is -2.77. The molecule has 4 heteroatoms. The van der Waals surface area contributed by atoms with Crippen molar-refractivity contribution in [1.29, 1.82) is 0 Å². The van der Waals surface area contributed by atoms with Crippen LogP contribution in [-0.4, -0.2) is 55.5 Å². The van der Waals surface area contributed by atoms with E-state index in [2.05, 4.69) is 23.0 Å². The molecule has 1 amide bonds. The Morgan fingerprint density at radius 2 is 2.10 bits per heavy atom. The summed E-state index contributed by atoms with van der Waals surface area (Å²) >= 11 is 0. The molecule has 4 nitrogen and oxygen atoms in total. The number of benzene rings is 2. The van der Waals surface area contributed by atoms with Crippen molar-refractivity contribution in [2.45, 2.75) is 26.2 Å². The van der Waals surface area contributed by atoms with Crippen LogP contribution in [0.4, 0.5) is 0 Å². The molecule has 0 saturated carbocycles. The maximum absolute atomic E-state index is 13.0. The Labute approximate surface area is 180 Å². The van der Waals surface area contributed by atoms with Crippen molar-refractivity contribution in [2.75, 3.05) is 39.8 Å². The summed E-state index contributed by atoms with van der Waals surface area (Å²) in [6.07, 6.45) is 8.86. The van der Waals surface area contributed by atoms with Gasteiger partial charge in [0.25, 0.3) is 5.91 Å². The van der Waals surface area contributed by atoms with Crippen molar-refractivity contribution in [3.05, 3.63) is 65.2 Å². The van der Waals surface area contributed by atoms with Gasteiger partial charge in [-0.1, -0.05) is 24.1 Å². The highest BCUT2D eigenvalue weighted by atomic mass is 16.5. The van der Waals surface area contributed by atoms with Gasteiger partial charge in [-0.3, -0.25) is 4.79 Å². The third kappa shape index (κ3) is 5.87. The number of amides is 1. The van der Waals surface area contributed by atoms with Crippen LogP contribution in [0.1, 0.15) is 41.3 Å². The Morgan fingerprint density at radius 1 is 1.27 bits per heavy atom. The Morgan fingerprint density at radius 3 is 2.87 bits per heavy atom. The molecule has 3 rings (SSSR count). The molecule has 0 N–H and O–H groups in total. The lowest BCUT2D eigenvalue weighted by Gasteiger charge is -2.35. The predicted molar refractivity (Wildman–Crippen MR) is 122 cm³/mol. The second kappa shape index (κ2) is 10.8. The van der Waals surface area contributed by atoms with Gasteiger partial charge in [-0.2, -0.15) is 0 Å². The van der Waals surface area contributed by atoms with Crippen LogP contribution < -0.4 is 4.74 Å². The minimum atomic E-state index is 0.0723. The number of methoxy groups -OCH3 is 1. The van der Waals surface area contributed by atoms with Gasteiger partial charge >= 0.3 is 0 Å². The molecule has 30 heavy (non-hydrogen) atoms. The summed E-state index contributed by atoms with van der Waals surface area (Å²) in [5.74, 6) is 4.10. The van der Waals surface area contributed by atoms with E-state index in [1.807, 2.05) is 48.2 Å². The Kier molecular flexibility index (Phi) is 7.93. The normalized spacial score (nSPS) is 16.6. The van der Waals surface area contributed by atoms with Crippen molar-refractivity contribution in [2.24, 2.45) is 5.92 Å². The van der Waals surface area contributed by atoms with E-state index in [0.29, 0.717) is 18.0 Å². The molecule has 158 valence electrons. The zero-order valence-corrected chi connectivity index (χ0v) is 18.1. The molecule has 0 aromatic heterocycles. The van der Waals surface area contributed by atoms with E-state index in [1.165, 1.54) is 18.4 Å². The Balaban J connectivity index is 1.56. The van der Waals surface area contributed by atoms with Gasteiger partial charge in [0.15, 0.2) is 0 Å². The SMILES string of the molecule is C#Cc1cccc(C(=O)N(CC)C[C@H]2CCCN(CCc3cccc(OC)c3)C2)c1. The molecular formula is C26H32N2O2. The van der Waals surface area contributed by atoms with E-state index in [0.717, 1.165) is 43.9 Å². The molecule has 2 aromatic carbocycles. The van der Waals surface area contributed by atoms with Crippen molar-refractivity contribution in [3.8, 4) is 18.1 Å². The van der Waals surface area contributed by atoms with Crippen molar-refractivity contribution in [3.63, 3.8) is 0 Å². The summed E-state index contributed by atoms with van der Waals surface area (Å²) in [7, 11) is 1.71. The van der Waals surface area contributed by atoms with Crippen LogP contribution in [0.2, 0.25) is 0 Å². The first-order valence-electron chi connectivity index (χ1n) is 10.8. The largest absolute Gasteiger partial charge is 0.497 e. The van der Waals surface area contributed by atoms with Gasteiger partial charge in [-0.15, -0.1) is 6.42 Å². The van der Waals surface area contributed by atoms with E-state index in [-0.39, 0.29) is 5.91 Å². The van der Waals surface area contributed by atoms with Crippen LogP contribution in [0.3, 0.4) is 0 Å². The molecule has 1 fully saturated rings. The molecule has 0 aliphatic carbocycles. The first kappa shape index (κ1) is 21.9. The van der Waals surface area contributed by atoms with Crippen molar-refractivity contribution >= 4 is 5.91 Å². The lowest BCUT2D eigenvalue weighted by Crippen LogP contribution is -2.43. The summed E-state index contributed by atoms with van der Waals surface area (Å²) in [5.41, 5.74) is 2.73. The summed E-state index contributed by atoms with van der Waals surface area (Å²) in [6.45, 7) is 6.76. The van der Waals surface area contributed by atoms with Gasteiger partial charge in [0.1, 0.15) is 5.75 Å². The average Bonchev–Trinajstić information content (AvgIpc) is 2.81. The third-order valence-corrected chi connectivity index (χ3v) is 5.88. The third-order valence-electron chi connectivity index (χ3n) is 5.88. The second-order valence-corrected chi connectivity index (χ2v) is 7.98. The van der Waals surface area contributed by atoms with Crippen LogP contribution in [0.5, 0.6) is 5.75 Å². The van der Waals surface area contributed by atoms with E-state index < -0.39 is 0 Å². The van der Waals surface area contributed by atoms with Gasteiger partial charge < -0.3 is 14.5 Å². The standard InChI is InChI=1S/C26H32N2O2/c1-4-21-9-6-12-24(17-21)26(29)28(5-2)20-23-11-8-15-27(19-23)16-14-22-10-7-13-25(18-22)30-3/h1,6-7,9-10,12-13,17-18,23H,5,8,11,14-16,19-20H2,2-3H3/t23-/m0/s1. The van der Waals surface area contributed by atoms with E-state index in [4.69, 9.17) is 11.2 Å². The molecule has 1 aliphatic rings. The first-order valence-corrected chi connectivity index (χ1v) is 10.8. The molecule has 1 saturated heterocycles. The number of rotatable bonds is 8. The number of piperidine rings is 1. The minimum Gasteiger partial charge on any atom is -0.497 e. The van der Waals surface area contributed by atoms with Gasteiger partial charge in [0, 0.05) is 37.3 Å². The highest BCUT2D eigenvalue weighted by Crippen LogP contribution is 2.20. The van der Waals surface area contributed by atoms with Crippen LogP contribution >= 0.6 is 0 Å². The number of hydrogen-bond donors (Lipinski definition) is 0. The zero-order chi connectivity index (χ0) is 21.3. The summed E-state index contributed by atoms with van der Waals surface area (Å²) in [4.78, 5) is 17.5. The summed E-state index contributed by atoms with van der Waals surface area (Å²) < 4.78 is 5.33. The molecule has 1 heterocycles. The predicted octanol–water partition coefficient (Wildman–Crippen LogP) is 4.09. The van der Waals surface area contributed by atoms with E-state index in [9.17, 15) is 4.79 Å². The first-order chi connectivity index (χ1) is 14.6. The highest BCUT2D eigenvalue weighted by Gasteiger charge is 2.24. The second-order valence-electron chi connectivity index (χ2n) is 7.98. The number of carbonyl (C=O) groups excluding carboxylic acids is 1. The fraction of sp³-hybridized carbons (Fsp3) is 0.423. The molecule has 0 spiro atoms. The number of nitrogens with zero attached hydrogens (tertiary/aromatic N) is 2. The summed E-state index contributed by atoms with van der Waals surface area (Å²) in [5, 5.41) is 0.